The first kappa shape index (κ1) is 11.7. The van der Waals surface area contributed by atoms with Gasteiger partial charge in [0.25, 0.3) is 0 Å². The van der Waals surface area contributed by atoms with E-state index < -0.39 is 0 Å². The zero-order valence-corrected chi connectivity index (χ0v) is 9.89. The Balaban J connectivity index is 0.000000963. The number of fused-ring (bicyclic) bond motifs is 1. The van der Waals surface area contributed by atoms with Gasteiger partial charge in [-0.25, -0.2) is 0 Å². The SMILES string of the molecule is Cl.c1cc2c(cc1[C@H]1COCCN1)CCO2. The maximum absolute atomic E-state index is 5.49. The Kier molecular flexibility index (Phi) is 3.69. The van der Waals surface area contributed by atoms with Gasteiger partial charge in [-0.1, -0.05) is 12.1 Å². The normalized spacial score (nSPS) is 23.1. The lowest BCUT2D eigenvalue weighted by Crippen LogP contribution is -2.34. The molecule has 0 spiro atoms. The topological polar surface area (TPSA) is 30.5 Å². The third kappa shape index (κ3) is 2.17. The molecule has 2 aliphatic rings. The van der Waals surface area contributed by atoms with E-state index >= 15 is 0 Å². The second-order valence-corrected chi connectivity index (χ2v) is 4.05. The summed E-state index contributed by atoms with van der Waals surface area (Å²) < 4.78 is 11.0. The molecule has 1 N–H and O–H groups in total. The molecule has 2 heterocycles. The molecule has 0 aromatic heterocycles. The number of nitrogens with one attached hydrogen (secondary N) is 1. The highest BCUT2D eigenvalue weighted by Gasteiger charge is 2.18. The van der Waals surface area contributed by atoms with Gasteiger partial charge in [0.2, 0.25) is 0 Å². The van der Waals surface area contributed by atoms with Gasteiger partial charge in [0.1, 0.15) is 5.75 Å². The van der Waals surface area contributed by atoms with Gasteiger partial charge in [0, 0.05) is 13.0 Å². The van der Waals surface area contributed by atoms with Crippen molar-refractivity contribution in [2.24, 2.45) is 0 Å². The van der Waals surface area contributed by atoms with Gasteiger partial charge in [-0.15, -0.1) is 12.4 Å². The molecule has 2 aliphatic heterocycles. The maximum Gasteiger partial charge on any atom is 0.122 e. The van der Waals surface area contributed by atoms with Crippen LogP contribution in [0.25, 0.3) is 0 Å². The van der Waals surface area contributed by atoms with Crippen LogP contribution >= 0.6 is 12.4 Å². The Morgan fingerprint density at radius 3 is 3.00 bits per heavy atom. The smallest absolute Gasteiger partial charge is 0.122 e. The maximum atomic E-state index is 5.49. The van der Waals surface area contributed by atoms with Crippen molar-refractivity contribution in [2.45, 2.75) is 12.5 Å². The van der Waals surface area contributed by atoms with Crippen LogP contribution in [0.2, 0.25) is 0 Å². The fourth-order valence-corrected chi connectivity index (χ4v) is 2.20. The molecule has 0 bridgehead atoms. The lowest BCUT2D eigenvalue weighted by Gasteiger charge is -2.24. The van der Waals surface area contributed by atoms with E-state index in [1.807, 2.05) is 0 Å². The summed E-state index contributed by atoms with van der Waals surface area (Å²) in [7, 11) is 0. The molecular weight excluding hydrogens is 226 g/mol. The van der Waals surface area contributed by atoms with E-state index in [1.54, 1.807) is 0 Å². The van der Waals surface area contributed by atoms with Crippen molar-refractivity contribution in [3.8, 4) is 5.75 Å². The van der Waals surface area contributed by atoms with Crippen molar-refractivity contribution in [3.63, 3.8) is 0 Å². The summed E-state index contributed by atoms with van der Waals surface area (Å²) in [5, 5.41) is 3.46. The van der Waals surface area contributed by atoms with Gasteiger partial charge in [-0.3, -0.25) is 0 Å². The molecule has 0 aliphatic carbocycles. The van der Waals surface area contributed by atoms with Crippen molar-refractivity contribution in [2.75, 3.05) is 26.4 Å². The quantitative estimate of drug-likeness (QED) is 0.812. The van der Waals surface area contributed by atoms with Crippen LogP contribution in [-0.4, -0.2) is 26.4 Å². The second-order valence-electron chi connectivity index (χ2n) is 4.05. The Morgan fingerprint density at radius 2 is 2.19 bits per heavy atom. The van der Waals surface area contributed by atoms with Crippen LogP contribution in [0.1, 0.15) is 17.2 Å². The number of halogens is 1. The van der Waals surface area contributed by atoms with Crippen LogP contribution in [-0.2, 0) is 11.2 Å². The van der Waals surface area contributed by atoms with Crippen LogP contribution in [0.15, 0.2) is 18.2 Å². The largest absolute Gasteiger partial charge is 0.493 e. The number of ether oxygens (including phenoxy) is 2. The number of hydrogen-bond acceptors (Lipinski definition) is 3. The summed E-state index contributed by atoms with van der Waals surface area (Å²) >= 11 is 0. The predicted octanol–water partition coefficient (Wildman–Crippen LogP) is 1.70. The number of morpholine rings is 1. The van der Waals surface area contributed by atoms with Crippen molar-refractivity contribution < 1.29 is 9.47 Å². The first-order chi connectivity index (χ1) is 7.43. The van der Waals surface area contributed by atoms with Crippen LogP contribution in [0.3, 0.4) is 0 Å². The first-order valence-electron chi connectivity index (χ1n) is 5.50. The zero-order chi connectivity index (χ0) is 10.1. The minimum Gasteiger partial charge on any atom is -0.493 e. The van der Waals surface area contributed by atoms with Crippen molar-refractivity contribution in [1.82, 2.24) is 5.32 Å². The lowest BCUT2D eigenvalue weighted by atomic mass is 10.0. The van der Waals surface area contributed by atoms with Gasteiger partial charge in [0.15, 0.2) is 0 Å². The molecule has 0 radical (unpaired) electrons. The molecule has 88 valence electrons. The Morgan fingerprint density at radius 1 is 1.25 bits per heavy atom. The average molecular weight is 242 g/mol. The molecule has 0 saturated carbocycles. The summed E-state index contributed by atoms with van der Waals surface area (Å²) in [6, 6.07) is 6.81. The number of hydrogen-bond donors (Lipinski definition) is 1. The zero-order valence-electron chi connectivity index (χ0n) is 9.07. The highest BCUT2D eigenvalue weighted by atomic mass is 35.5. The monoisotopic (exact) mass is 241 g/mol. The summed E-state index contributed by atoms with van der Waals surface area (Å²) in [5.74, 6) is 1.05. The van der Waals surface area contributed by atoms with Gasteiger partial charge < -0.3 is 14.8 Å². The molecule has 1 aromatic rings. The molecule has 3 nitrogen and oxygen atoms in total. The predicted molar refractivity (Wildman–Crippen MR) is 64.5 cm³/mol. The first-order valence-corrected chi connectivity index (χ1v) is 5.50. The summed E-state index contributed by atoms with van der Waals surface area (Å²) in [4.78, 5) is 0. The highest BCUT2D eigenvalue weighted by Crippen LogP contribution is 2.28. The molecule has 4 heteroatoms. The van der Waals surface area contributed by atoms with Gasteiger partial charge in [-0.05, 0) is 17.2 Å². The summed E-state index contributed by atoms with van der Waals surface area (Å²) in [6.45, 7) is 3.37. The van der Waals surface area contributed by atoms with Gasteiger partial charge >= 0.3 is 0 Å². The van der Waals surface area contributed by atoms with Crippen molar-refractivity contribution in [1.29, 1.82) is 0 Å². The molecule has 16 heavy (non-hydrogen) atoms. The van der Waals surface area contributed by atoms with E-state index in [1.165, 1.54) is 11.1 Å². The fourth-order valence-electron chi connectivity index (χ4n) is 2.20. The molecule has 1 aromatic carbocycles. The van der Waals surface area contributed by atoms with Gasteiger partial charge in [-0.2, -0.15) is 0 Å². The Hall–Kier alpha value is -0.770. The van der Waals surface area contributed by atoms with E-state index in [9.17, 15) is 0 Å². The molecule has 0 unspecified atom stereocenters. The standard InChI is InChI=1S/C12H15NO2.ClH/c1-2-12-10(3-5-15-12)7-9(1)11-8-14-6-4-13-11;/h1-2,7,11,13H,3-6,8H2;1H/t11-;/m1./s1. The molecule has 3 rings (SSSR count). The van der Waals surface area contributed by atoms with Crippen LogP contribution in [0.5, 0.6) is 5.75 Å². The van der Waals surface area contributed by atoms with Crippen molar-refractivity contribution in [3.05, 3.63) is 29.3 Å². The van der Waals surface area contributed by atoms with E-state index in [0.29, 0.717) is 6.04 Å². The summed E-state index contributed by atoms with van der Waals surface area (Å²) in [5.41, 5.74) is 2.65. The number of benzene rings is 1. The van der Waals surface area contributed by atoms with E-state index in [2.05, 4.69) is 23.5 Å². The highest BCUT2D eigenvalue weighted by molar-refractivity contribution is 5.85. The minimum absolute atomic E-state index is 0. The lowest BCUT2D eigenvalue weighted by molar-refractivity contribution is 0.0768. The Labute approximate surface area is 102 Å². The van der Waals surface area contributed by atoms with E-state index in [-0.39, 0.29) is 12.4 Å². The molecule has 1 atom stereocenters. The molecular formula is C12H16ClNO2. The fraction of sp³-hybridized carbons (Fsp3) is 0.500. The molecule has 1 fully saturated rings. The van der Waals surface area contributed by atoms with Crippen LogP contribution < -0.4 is 10.1 Å². The summed E-state index contributed by atoms with van der Waals surface area (Å²) in [6.07, 6.45) is 1.04. The average Bonchev–Trinajstić information content (AvgIpc) is 2.77. The molecule has 0 amide bonds. The third-order valence-electron chi connectivity index (χ3n) is 3.04. The number of rotatable bonds is 1. The van der Waals surface area contributed by atoms with Crippen LogP contribution in [0.4, 0.5) is 0 Å². The van der Waals surface area contributed by atoms with E-state index in [4.69, 9.17) is 9.47 Å². The minimum atomic E-state index is 0. The van der Waals surface area contributed by atoms with Gasteiger partial charge in [0.05, 0.1) is 25.9 Å². The third-order valence-corrected chi connectivity index (χ3v) is 3.04. The second kappa shape index (κ2) is 5.04. The molecule has 1 saturated heterocycles. The van der Waals surface area contributed by atoms with Crippen LogP contribution in [0, 0.1) is 0 Å². The van der Waals surface area contributed by atoms with E-state index in [0.717, 1.165) is 38.5 Å². The van der Waals surface area contributed by atoms with Crippen molar-refractivity contribution >= 4 is 12.4 Å². The Bertz CT molecular complexity index is 364.